The third-order valence-corrected chi connectivity index (χ3v) is 5.78. The van der Waals surface area contributed by atoms with Gasteiger partial charge in [0, 0.05) is 11.8 Å². The number of rotatable bonds is 6. The van der Waals surface area contributed by atoms with Crippen LogP contribution in [-0.4, -0.2) is 5.91 Å². The van der Waals surface area contributed by atoms with Gasteiger partial charge in [-0.05, 0) is 74.3 Å². The second-order valence-corrected chi connectivity index (χ2v) is 8.91. The molecule has 2 nitrogen and oxygen atoms in total. The van der Waals surface area contributed by atoms with Gasteiger partial charge in [0.25, 0.3) is 0 Å². The first-order valence-corrected chi connectivity index (χ1v) is 10.6. The summed E-state index contributed by atoms with van der Waals surface area (Å²) in [5.41, 5.74) is 5.57. The van der Waals surface area contributed by atoms with E-state index in [1.165, 1.54) is 42.2 Å². The zero-order chi connectivity index (χ0) is 22.3. The number of benzene rings is 1. The second-order valence-electron chi connectivity index (χ2n) is 8.91. The highest BCUT2D eigenvalue weighted by molar-refractivity contribution is 5.99. The van der Waals surface area contributed by atoms with Gasteiger partial charge in [-0.2, -0.15) is 0 Å². The monoisotopic (exact) mass is 407 g/mol. The number of hydrogen-bond acceptors (Lipinski definition) is 1. The topological polar surface area (TPSA) is 29.1 Å². The van der Waals surface area contributed by atoms with Gasteiger partial charge in [0.15, 0.2) is 0 Å². The van der Waals surface area contributed by atoms with Crippen LogP contribution in [0.1, 0.15) is 54.4 Å². The summed E-state index contributed by atoms with van der Waals surface area (Å²) in [7, 11) is 0. The second kappa shape index (κ2) is 10.4. The molecular weight excluding hydrogens is 373 g/mol. The summed E-state index contributed by atoms with van der Waals surface area (Å²) in [5.74, 6) is -0.00771. The molecule has 1 amide bonds. The van der Waals surface area contributed by atoms with E-state index in [0.717, 1.165) is 11.1 Å². The molecule has 0 aliphatic heterocycles. The fourth-order valence-electron chi connectivity index (χ4n) is 3.71. The lowest BCUT2D eigenvalue weighted by atomic mass is 9.69. The summed E-state index contributed by atoms with van der Waals surface area (Å²) < 4.78 is 13.2. The Morgan fingerprint density at radius 3 is 2.63 bits per heavy atom. The van der Waals surface area contributed by atoms with Crippen molar-refractivity contribution in [2.75, 3.05) is 5.32 Å². The predicted octanol–water partition coefficient (Wildman–Crippen LogP) is 7.54. The number of carbonyl (C=O) groups is 1. The van der Waals surface area contributed by atoms with Crippen LogP contribution in [0.15, 0.2) is 83.0 Å². The fourth-order valence-corrected chi connectivity index (χ4v) is 3.71. The van der Waals surface area contributed by atoms with Crippen LogP contribution in [0.3, 0.4) is 0 Å². The van der Waals surface area contributed by atoms with E-state index >= 15 is 0 Å². The molecule has 0 saturated heterocycles. The Hall–Kier alpha value is -2.68. The van der Waals surface area contributed by atoms with Gasteiger partial charge in [-0.25, -0.2) is 4.39 Å². The summed E-state index contributed by atoms with van der Waals surface area (Å²) in [6.07, 6.45) is 14.3. The maximum atomic E-state index is 13.2. The summed E-state index contributed by atoms with van der Waals surface area (Å²) in [5, 5.41) is 2.66. The third kappa shape index (κ3) is 6.98. The average molecular weight is 408 g/mol. The molecule has 1 unspecified atom stereocenters. The average Bonchev–Trinajstić information content (AvgIpc) is 2.64. The lowest BCUT2D eigenvalue weighted by molar-refractivity contribution is -0.111. The summed E-state index contributed by atoms with van der Waals surface area (Å²) in [4.78, 5) is 12.1. The van der Waals surface area contributed by atoms with Gasteiger partial charge < -0.3 is 5.32 Å². The van der Waals surface area contributed by atoms with E-state index in [4.69, 9.17) is 0 Å². The Morgan fingerprint density at radius 1 is 1.20 bits per heavy atom. The maximum absolute atomic E-state index is 13.2. The number of allylic oxidation sites excluding steroid dienone is 9. The molecule has 2 rings (SSSR count). The van der Waals surface area contributed by atoms with Crippen molar-refractivity contribution >= 4 is 11.6 Å². The van der Waals surface area contributed by atoms with Crippen LogP contribution in [0.2, 0.25) is 0 Å². The fraction of sp³-hybridized carbons (Fsp3) is 0.370. The zero-order valence-corrected chi connectivity index (χ0v) is 19.1. The van der Waals surface area contributed by atoms with Crippen LogP contribution in [0.4, 0.5) is 10.1 Å². The first-order chi connectivity index (χ1) is 14.1. The Bertz CT molecular complexity index is 928. The molecule has 1 aliphatic rings. The SMILES string of the molecule is CC1=C(/C=C/C(C)=C/C=C/C(C)=C\C(=O)Nc2cccc(F)c2)C(C)(C)CCC1C. The Morgan fingerprint density at radius 2 is 1.93 bits per heavy atom. The lowest BCUT2D eigenvalue weighted by Gasteiger charge is -2.36. The van der Waals surface area contributed by atoms with Gasteiger partial charge in [-0.1, -0.05) is 68.4 Å². The van der Waals surface area contributed by atoms with Gasteiger partial charge in [0.2, 0.25) is 5.91 Å². The summed E-state index contributed by atoms with van der Waals surface area (Å²) >= 11 is 0. The number of halogens is 1. The minimum absolute atomic E-state index is 0.220. The van der Waals surface area contributed by atoms with Gasteiger partial charge in [0.05, 0.1) is 0 Å². The summed E-state index contributed by atoms with van der Waals surface area (Å²) in [6, 6.07) is 5.86. The minimum atomic E-state index is -0.376. The molecule has 160 valence electrons. The number of nitrogens with one attached hydrogen (secondary N) is 1. The Kier molecular flexibility index (Phi) is 8.16. The van der Waals surface area contributed by atoms with Crippen LogP contribution >= 0.6 is 0 Å². The quantitative estimate of drug-likeness (QED) is 0.383. The van der Waals surface area contributed by atoms with Crippen molar-refractivity contribution in [2.45, 2.75) is 54.4 Å². The van der Waals surface area contributed by atoms with Crippen molar-refractivity contribution in [3.8, 4) is 0 Å². The van der Waals surface area contributed by atoms with E-state index < -0.39 is 0 Å². The van der Waals surface area contributed by atoms with Gasteiger partial charge in [-0.15, -0.1) is 0 Å². The van der Waals surface area contributed by atoms with Crippen LogP contribution in [-0.2, 0) is 4.79 Å². The Balaban J connectivity index is 2.00. The number of hydrogen-bond donors (Lipinski definition) is 1. The van der Waals surface area contributed by atoms with E-state index in [1.54, 1.807) is 12.1 Å². The predicted molar refractivity (Wildman–Crippen MR) is 126 cm³/mol. The molecule has 1 atom stereocenters. The normalized spacial score (nSPS) is 20.3. The molecule has 0 radical (unpaired) electrons. The minimum Gasteiger partial charge on any atom is -0.322 e. The van der Waals surface area contributed by atoms with Crippen molar-refractivity contribution < 1.29 is 9.18 Å². The van der Waals surface area contributed by atoms with Crippen molar-refractivity contribution in [1.29, 1.82) is 0 Å². The van der Waals surface area contributed by atoms with Crippen LogP contribution in [0.5, 0.6) is 0 Å². The molecule has 1 aromatic rings. The van der Waals surface area contributed by atoms with E-state index in [0.29, 0.717) is 11.6 Å². The van der Waals surface area contributed by atoms with E-state index in [1.807, 2.05) is 25.2 Å². The van der Waals surface area contributed by atoms with Gasteiger partial charge in [-0.3, -0.25) is 4.79 Å². The first-order valence-electron chi connectivity index (χ1n) is 10.6. The highest BCUT2D eigenvalue weighted by Gasteiger charge is 2.29. The van der Waals surface area contributed by atoms with E-state index in [2.05, 4.69) is 52.1 Å². The molecule has 30 heavy (non-hydrogen) atoms. The molecule has 3 heteroatoms. The lowest BCUT2D eigenvalue weighted by Crippen LogP contribution is -2.23. The molecule has 0 bridgehead atoms. The highest BCUT2D eigenvalue weighted by atomic mass is 19.1. The molecule has 1 N–H and O–H groups in total. The number of anilines is 1. The van der Waals surface area contributed by atoms with Crippen molar-refractivity contribution in [3.05, 3.63) is 88.8 Å². The Labute approximate surface area is 181 Å². The van der Waals surface area contributed by atoms with Crippen LogP contribution in [0.25, 0.3) is 0 Å². The first kappa shape index (κ1) is 23.6. The van der Waals surface area contributed by atoms with Crippen molar-refractivity contribution in [3.63, 3.8) is 0 Å². The smallest absolute Gasteiger partial charge is 0.248 e. The molecule has 0 aromatic heterocycles. The van der Waals surface area contributed by atoms with E-state index in [-0.39, 0.29) is 17.1 Å². The molecular formula is C27H34FNO. The molecule has 0 heterocycles. The molecule has 0 saturated carbocycles. The largest absolute Gasteiger partial charge is 0.322 e. The van der Waals surface area contributed by atoms with Crippen molar-refractivity contribution in [1.82, 2.24) is 0 Å². The van der Waals surface area contributed by atoms with Crippen LogP contribution < -0.4 is 5.32 Å². The number of amides is 1. The van der Waals surface area contributed by atoms with Crippen LogP contribution in [0, 0.1) is 17.2 Å². The highest BCUT2D eigenvalue weighted by Crippen LogP contribution is 2.43. The van der Waals surface area contributed by atoms with E-state index in [9.17, 15) is 9.18 Å². The third-order valence-electron chi connectivity index (χ3n) is 5.78. The molecule has 0 fully saturated rings. The molecule has 1 aromatic carbocycles. The van der Waals surface area contributed by atoms with Crippen molar-refractivity contribution in [2.24, 2.45) is 11.3 Å². The molecule has 0 spiro atoms. The van der Waals surface area contributed by atoms with Gasteiger partial charge >= 0.3 is 0 Å². The zero-order valence-electron chi connectivity index (χ0n) is 19.1. The number of carbonyl (C=O) groups excluding carboxylic acids is 1. The van der Waals surface area contributed by atoms with Gasteiger partial charge in [0.1, 0.15) is 5.82 Å². The molecule has 1 aliphatic carbocycles. The summed E-state index contributed by atoms with van der Waals surface area (Å²) in [6.45, 7) is 13.1. The maximum Gasteiger partial charge on any atom is 0.248 e. The standard InChI is InChI=1S/C27H34FNO/c1-19(13-14-25-22(4)21(3)15-16-27(25,5)6)9-7-10-20(2)17-26(30)29-24-12-8-11-23(28)18-24/h7-14,17-18,21H,15-16H2,1-6H3,(H,29,30)/b10-7+,14-13+,19-9+,20-17-.